The van der Waals surface area contributed by atoms with E-state index >= 15 is 0 Å². The number of sulfonamides is 1. The van der Waals surface area contributed by atoms with Crippen LogP contribution in [0.5, 0.6) is 0 Å². The fraction of sp³-hybridized carbons (Fsp3) is 0.500. The average Bonchev–Trinajstić information content (AvgIpc) is 2.62. The van der Waals surface area contributed by atoms with E-state index in [1.807, 2.05) is 6.07 Å². The summed E-state index contributed by atoms with van der Waals surface area (Å²) in [6, 6.07) is 5.33. The molecule has 0 spiro atoms. The van der Waals surface area contributed by atoms with Crippen LogP contribution in [0.25, 0.3) is 5.65 Å². The standard InChI is InChI=1S/C14H18ClN3O2S/c1-11-5-4-8-17(10-7-11)21(19,20)14-13(15)16-12-6-2-3-9-18(12)14/h2-3,6,9,11H,4-5,7-8,10H2,1H3. The second kappa shape index (κ2) is 5.59. The first-order valence-electron chi connectivity index (χ1n) is 7.13. The maximum atomic E-state index is 12.9. The summed E-state index contributed by atoms with van der Waals surface area (Å²) in [5.74, 6) is 0.558. The third-order valence-electron chi connectivity index (χ3n) is 4.01. The number of aromatic nitrogens is 2. The van der Waals surface area contributed by atoms with Gasteiger partial charge in [-0.2, -0.15) is 4.31 Å². The number of pyridine rings is 1. The Morgan fingerprint density at radius 2 is 2.10 bits per heavy atom. The minimum Gasteiger partial charge on any atom is -0.288 e. The van der Waals surface area contributed by atoms with Crippen molar-refractivity contribution in [3.63, 3.8) is 0 Å². The zero-order valence-corrected chi connectivity index (χ0v) is 13.4. The van der Waals surface area contributed by atoms with Gasteiger partial charge in [-0.3, -0.25) is 4.40 Å². The summed E-state index contributed by atoms with van der Waals surface area (Å²) in [5.41, 5.74) is 0.546. The Labute approximate surface area is 129 Å². The van der Waals surface area contributed by atoms with E-state index in [1.54, 1.807) is 27.0 Å². The smallest absolute Gasteiger partial charge is 0.262 e. The molecule has 0 aromatic carbocycles. The van der Waals surface area contributed by atoms with Gasteiger partial charge in [-0.25, -0.2) is 13.4 Å². The topological polar surface area (TPSA) is 54.7 Å². The molecule has 3 rings (SSSR count). The van der Waals surface area contributed by atoms with E-state index in [0.29, 0.717) is 24.7 Å². The van der Waals surface area contributed by atoms with E-state index in [-0.39, 0.29) is 10.2 Å². The quantitative estimate of drug-likeness (QED) is 0.852. The molecule has 1 fully saturated rings. The fourth-order valence-electron chi connectivity index (χ4n) is 2.77. The molecule has 0 amide bonds. The molecule has 0 N–H and O–H groups in total. The highest BCUT2D eigenvalue weighted by Crippen LogP contribution is 2.28. The van der Waals surface area contributed by atoms with Gasteiger partial charge in [0.1, 0.15) is 5.65 Å². The Morgan fingerprint density at radius 1 is 1.29 bits per heavy atom. The first-order chi connectivity index (χ1) is 10.00. The van der Waals surface area contributed by atoms with Gasteiger partial charge in [-0.15, -0.1) is 0 Å². The fourth-order valence-corrected chi connectivity index (χ4v) is 4.87. The van der Waals surface area contributed by atoms with Crippen LogP contribution < -0.4 is 0 Å². The van der Waals surface area contributed by atoms with Crippen molar-refractivity contribution in [1.82, 2.24) is 13.7 Å². The summed E-state index contributed by atoms with van der Waals surface area (Å²) in [6.45, 7) is 3.25. The van der Waals surface area contributed by atoms with Crippen LogP contribution in [0.15, 0.2) is 29.4 Å². The molecule has 3 heterocycles. The van der Waals surface area contributed by atoms with E-state index in [2.05, 4.69) is 11.9 Å². The van der Waals surface area contributed by atoms with E-state index in [0.717, 1.165) is 19.3 Å². The molecular formula is C14H18ClN3O2S. The zero-order chi connectivity index (χ0) is 15.0. The van der Waals surface area contributed by atoms with Gasteiger partial charge in [0.25, 0.3) is 10.0 Å². The molecular weight excluding hydrogens is 310 g/mol. The maximum Gasteiger partial charge on any atom is 0.262 e. The van der Waals surface area contributed by atoms with Crippen LogP contribution in [0.4, 0.5) is 0 Å². The first-order valence-corrected chi connectivity index (χ1v) is 8.94. The van der Waals surface area contributed by atoms with Crippen molar-refractivity contribution >= 4 is 27.3 Å². The molecule has 0 radical (unpaired) electrons. The molecule has 2 aromatic heterocycles. The van der Waals surface area contributed by atoms with Gasteiger partial charge in [0.15, 0.2) is 10.2 Å². The third-order valence-corrected chi connectivity index (χ3v) is 6.31. The Balaban J connectivity index is 2.06. The molecule has 0 saturated carbocycles. The highest BCUT2D eigenvalue weighted by Gasteiger charge is 2.32. The third kappa shape index (κ3) is 2.67. The number of hydrogen-bond acceptors (Lipinski definition) is 3. The lowest BCUT2D eigenvalue weighted by Gasteiger charge is -2.19. The molecule has 2 aromatic rings. The van der Waals surface area contributed by atoms with E-state index in [9.17, 15) is 8.42 Å². The number of hydrogen-bond donors (Lipinski definition) is 0. The van der Waals surface area contributed by atoms with Crippen LogP contribution in [0.3, 0.4) is 0 Å². The molecule has 1 saturated heterocycles. The molecule has 5 nitrogen and oxygen atoms in total. The van der Waals surface area contributed by atoms with Crippen molar-refractivity contribution in [2.24, 2.45) is 5.92 Å². The molecule has 1 atom stereocenters. The van der Waals surface area contributed by atoms with Crippen LogP contribution in [0, 0.1) is 5.92 Å². The van der Waals surface area contributed by atoms with Crippen LogP contribution in [-0.2, 0) is 10.0 Å². The second-order valence-electron chi connectivity index (χ2n) is 5.58. The normalized spacial score (nSPS) is 21.5. The second-order valence-corrected chi connectivity index (χ2v) is 7.79. The van der Waals surface area contributed by atoms with Crippen molar-refractivity contribution < 1.29 is 8.42 Å². The van der Waals surface area contributed by atoms with Crippen molar-refractivity contribution in [2.45, 2.75) is 31.2 Å². The van der Waals surface area contributed by atoms with Gasteiger partial charge in [-0.05, 0) is 37.3 Å². The lowest BCUT2D eigenvalue weighted by Crippen LogP contribution is -2.33. The number of fused-ring (bicyclic) bond motifs is 1. The average molecular weight is 328 g/mol. The lowest BCUT2D eigenvalue weighted by molar-refractivity contribution is 0.414. The van der Waals surface area contributed by atoms with Gasteiger partial charge in [0, 0.05) is 19.3 Å². The highest BCUT2D eigenvalue weighted by atomic mass is 35.5. The zero-order valence-electron chi connectivity index (χ0n) is 11.9. The minimum absolute atomic E-state index is 0.0403. The van der Waals surface area contributed by atoms with E-state index in [4.69, 9.17) is 11.6 Å². The predicted molar refractivity (Wildman–Crippen MR) is 82.0 cm³/mol. The Kier molecular flexibility index (Phi) is 3.94. The van der Waals surface area contributed by atoms with E-state index in [1.165, 1.54) is 0 Å². The van der Waals surface area contributed by atoms with Crippen molar-refractivity contribution in [3.05, 3.63) is 29.5 Å². The first kappa shape index (κ1) is 14.8. The highest BCUT2D eigenvalue weighted by molar-refractivity contribution is 7.89. The Hall–Kier alpha value is -1.11. The summed E-state index contributed by atoms with van der Waals surface area (Å²) in [5, 5.41) is 0.118. The summed E-state index contributed by atoms with van der Waals surface area (Å²) in [6.07, 6.45) is 4.51. The largest absolute Gasteiger partial charge is 0.288 e. The SMILES string of the molecule is CC1CCCN(S(=O)(=O)c2c(Cl)nc3ccccn23)CC1. The number of rotatable bonds is 2. The summed E-state index contributed by atoms with van der Waals surface area (Å²) in [7, 11) is -3.62. The number of imidazole rings is 1. The van der Waals surface area contributed by atoms with Crippen LogP contribution >= 0.6 is 11.6 Å². The predicted octanol–water partition coefficient (Wildman–Crippen LogP) is 2.80. The van der Waals surface area contributed by atoms with Crippen LogP contribution in [0.1, 0.15) is 26.2 Å². The van der Waals surface area contributed by atoms with Crippen LogP contribution in [0.2, 0.25) is 5.15 Å². The number of nitrogens with zero attached hydrogens (tertiary/aromatic N) is 3. The molecule has 1 aliphatic rings. The van der Waals surface area contributed by atoms with Gasteiger partial charge in [0.05, 0.1) is 0 Å². The van der Waals surface area contributed by atoms with Crippen LogP contribution in [-0.4, -0.2) is 35.2 Å². The molecule has 0 bridgehead atoms. The summed E-state index contributed by atoms with van der Waals surface area (Å²) in [4.78, 5) is 4.14. The monoisotopic (exact) mass is 327 g/mol. The Morgan fingerprint density at radius 3 is 2.90 bits per heavy atom. The minimum atomic E-state index is -3.62. The van der Waals surface area contributed by atoms with Gasteiger partial charge in [0.2, 0.25) is 0 Å². The molecule has 1 aliphatic heterocycles. The summed E-state index contributed by atoms with van der Waals surface area (Å²) >= 11 is 6.10. The Bertz CT molecular complexity index is 757. The molecule has 1 unspecified atom stereocenters. The number of halogens is 1. The summed E-state index contributed by atoms with van der Waals surface area (Å²) < 4.78 is 28.9. The van der Waals surface area contributed by atoms with Crippen molar-refractivity contribution in [1.29, 1.82) is 0 Å². The van der Waals surface area contributed by atoms with Crippen molar-refractivity contribution in [2.75, 3.05) is 13.1 Å². The molecule has 114 valence electrons. The van der Waals surface area contributed by atoms with Gasteiger partial charge in [-0.1, -0.05) is 24.6 Å². The molecule has 0 aliphatic carbocycles. The molecule has 21 heavy (non-hydrogen) atoms. The lowest BCUT2D eigenvalue weighted by atomic mass is 10.0. The molecule has 7 heteroatoms. The van der Waals surface area contributed by atoms with Gasteiger partial charge >= 0.3 is 0 Å². The van der Waals surface area contributed by atoms with Gasteiger partial charge < -0.3 is 0 Å². The van der Waals surface area contributed by atoms with E-state index < -0.39 is 10.0 Å². The van der Waals surface area contributed by atoms with Crippen molar-refractivity contribution in [3.8, 4) is 0 Å². The maximum absolute atomic E-state index is 12.9.